The van der Waals surface area contributed by atoms with Gasteiger partial charge in [-0.3, -0.25) is 9.59 Å². The summed E-state index contributed by atoms with van der Waals surface area (Å²) in [4.78, 5) is 22.4. The minimum atomic E-state index is -1.49. The molecule has 4 N–H and O–H groups in total. The fraction of sp³-hybridized carbons (Fsp3) is 0.818. The molecule has 8 heteroatoms. The smallest absolute Gasteiger partial charge is 0.305 e. The van der Waals surface area contributed by atoms with Crippen molar-refractivity contribution in [2.24, 2.45) is 0 Å². The number of amides is 1. The number of ether oxygens (including phenoxy) is 2. The zero-order chi connectivity index (χ0) is 14.6. The van der Waals surface area contributed by atoms with E-state index in [1.54, 1.807) is 6.92 Å². The van der Waals surface area contributed by atoms with Gasteiger partial charge in [-0.15, -0.1) is 0 Å². The van der Waals surface area contributed by atoms with Crippen LogP contribution in [0.15, 0.2) is 0 Å². The van der Waals surface area contributed by atoms with E-state index in [0.29, 0.717) is 0 Å². The van der Waals surface area contributed by atoms with Crippen LogP contribution in [0.1, 0.15) is 20.3 Å². The first-order valence-corrected chi connectivity index (χ1v) is 5.99. The Morgan fingerprint density at radius 1 is 1.37 bits per heavy atom. The highest BCUT2D eigenvalue weighted by Crippen LogP contribution is 2.22. The lowest BCUT2D eigenvalue weighted by molar-refractivity contribution is -0.258. The Morgan fingerprint density at radius 3 is 2.47 bits per heavy atom. The van der Waals surface area contributed by atoms with Gasteiger partial charge in [0.15, 0.2) is 12.4 Å². The number of carbonyl (C=O) groups is 2. The predicted octanol–water partition coefficient (Wildman–Crippen LogP) is -2.12. The normalized spacial score (nSPS) is 34.7. The molecule has 19 heavy (non-hydrogen) atoms. The average molecular weight is 277 g/mol. The molecule has 1 aliphatic rings. The van der Waals surface area contributed by atoms with E-state index in [1.807, 2.05) is 0 Å². The fourth-order valence-electron chi connectivity index (χ4n) is 1.85. The molecule has 1 aliphatic heterocycles. The van der Waals surface area contributed by atoms with Crippen LogP contribution in [0.2, 0.25) is 0 Å². The molecule has 0 aliphatic carbocycles. The monoisotopic (exact) mass is 277 g/mol. The Morgan fingerprint density at radius 2 is 2.00 bits per heavy atom. The summed E-state index contributed by atoms with van der Waals surface area (Å²) < 4.78 is 9.97. The van der Waals surface area contributed by atoms with E-state index in [2.05, 4.69) is 5.32 Å². The van der Waals surface area contributed by atoms with E-state index in [-0.39, 0.29) is 6.42 Å². The van der Waals surface area contributed by atoms with Gasteiger partial charge in [0.1, 0.15) is 18.2 Å². The van der Waals surface area contributed by atoms with Crippen LogP contribution >= 0.6 is 0 Å². The standard InChI is InChI=1S/C11H19NO7/c1-3-7(15)19-10-8(12-5(2)14)11(17)18-6(4-13)9(10)16/h6,8-11,13,16-17H,3-4H2,1-2H3,(H,12,14)/t6-,8+,9-,10-,11-/m1/s1. The molecule has 5 atom stereocenters. The van der Waals surface area contributed by atoms with Crippen LogP contribution in [0.4, 0.5) is 0 Å². The maximum Gasteiger partial charge on any atom is 0.305 e. The van der Waals surface area contributed by atoms with Crippen molar-refractivity contribution in [3.63, 3.8) is 0 Å². The summed E-state index contributed by atoms with van der Waals surface area (Å²) in [6.45, 7) is 2.24. The predicted molar refractivity (Wildman–Crippen MR) is 61.7 cm³/mol. The molecule has 110 valence electrons. The van der Waals surface area contributed by atoms with Gasteiger partial charge in [-0.05, 0) is 0 Å². The Kier molecular flexibility index (Phi) is 5.67. The third kappa shape index (κ3) is 3.87. The number of hydrogen-bond acceptors (Lipinski definition) is 7. The van der Waals surface area contributed by atoms with Crippen molar-refractivity contribution in [3.05, 3.63) is 0 Å². The van der Waals surface area contributed by atoms with E-state index in [9.17, 15) is 19.8 Å². The summed E-state index contributed by atoms with van der Waals surface area (Å²) in [5, 5.41) is 31.1. The third-order valence-electron chi connectivity index (χ3n) is 2.80. The molecule has 0 aromatic heterocycles. The van der Waals surface area contributed by atoms with Gasteiger partial charge in [-0.25, -0.2) is 0 Å². The van der Waals surface area contributed by atoms with Crippen molar-refractivity contribution in [3.8, 4) is 0 Å². The van der Waals surface area contributed by atoms with E-state index < -0.39 is 49.1 Å². The minimum Gasteiger partial charge on any atom is -0.457 e. The summed E-state index contributed by atoms with van der Waals surface area (Å²) in [5.74, 6) is -1.06. The van der Waals surface area contributed by atoms with Gasteiger partial charge < -0.3 is 30.1 Å². The van der Waals surface area contributed by atoms with Gasteiger partial charge in [0, 0.05) is 13.3 Å². The molecule has 0 aromatic rings. The Hall–Kier alpha value is -1.22. The Balaban J connectivity index is 2.90. The van der Waals surface area contributed by atoms with E-state index >= 15 is 0 Å². The molecular formula is C11H19NO7. The number of aliphatic hydroxyl groups is 3. The molecule has 0 radical (unpaired) electrons. The summed E-state index contributed by atoms with van der Waals surface area (Å²) in [5.41, 5.74) is 0. The molecule has 1 saturated heterocycles. The molecule has 1 rings (SSSR count). The topological polar surface area (TPSA) is 125 Å². The number of nitrogens with one attached hydrogen (secondary N) is 1. The minimum absolute atomic E-state index is 0.0801. The number of rotatable bonds is 4. The first-order valence-electron chi connectivity index (χ1n) is 5.99. The first kappa shape index (κ1) is 15.8. The number of esters is 1. The van der Waals surface area contributed by atoms with Gasteiger partial charge in [0.05, 0.1) is 6.61 Å². The van der Waals surface area contributed by atoms with Crippen molar-refractivity contribution in [2.75, 3.05) is 6.61 Å². The number of aliphatic hydroxyl groups excluding tert-OH is 3. The fourth-order valence-corrected chi connectivity index (χ4v) is 1.85. The zero-order valence-corrected chi connectivity index (χ0v) is 10.8. The second kappa shape index (κ2) is 6.80. The highest BCUT2D eigenvalue weighted by Gasteiger charge is 2.47. The maximum absolute atomic E-state index is 11.3. The van der Waals surface area contributed by atoms with Crippen molar-refractivity contribution < 1.29 is 34.4 Å². The number of carbonyl (C=O) groups excluding carboxylic acids is 2. The molecule has 0 aromatic carbocycles. The molecule has 1 amide bonds. The summed E-state index contributed by atoms with van der Waals surface area (Å²) >= 11 is 0. The SMILES string of the molecule is CCC(=O)O[C@H]1[C@H](O)[C@@H](CO)O[C@@H](O)[C@H]1NC(C)=O. The molecule has 0 saturated carbocycles. The van der Waals surface area contributed by atoms with Crippen LogP contribution in [0.25, 0.3) is 0 Å². The van der Waals surface area contributed by atoms with E-state index in [0.717, 1.165) is 0 Å². The highest BCUT2D eigenvalue weighted by molar-refractivity contribution is 5.73. The summed E-state index contributed by atoms with van der Waals surface area (Å²) in [7, 11) is 0. The van der Waals surface area contributed by atoms with Crippen LogP contribution in [-0.2, 0) is 19.1 Å². The highest BCUT2D eigenvalue weighted by atomic mass is 16.6. The van der Waals surface area contributed by atoms with Crippen molar-refractivity contribution >= 4 is 11.9 Å². The molecule has 0 unspecified atom stereocenters. The van der Waals surface area contributed by atoms with E-state index in [1.165, 1.54) is 6.92 Å². The molecular weight excluding hydrogens is 258 g/mol. The molecule has 0 bridgehead atoms. The maximum atomic E-state index is 11.3. The summed E-state index contributed by atoms with van der Waals surface area (Å²) in [6.07, 6.45) is -5.02. The summed E-state index contributed by atoms with van der Waals surface area (Å²) in [6, 6.07) is -1.09. The van der Waals surface area contributed by atoms with E-state index in [4.69, 9.17) is 14.6 Å². The lowest BCUT2D eigenvalue weighted by Gasteiger charge is -2.41. The first-order chi connectivity index (χ1) is 8.90. The van der Waals surface area contributed by atoms with Crippen molar-refractivity contribution in [1.29, 1.82) is 0 Å². The van der Waals surface area contributed by atoms with Gasteiger partial charge in [0.2, 0.25) is 5.91 Å². The van der Waals surface area contributed by atoms with Crippen molar-refractivity contribution in [1.82, 2.24) is 5.32 Å². The van der Waals surface area contributed by atoms with Crippen LogP contribution < -0.4 is 5.32 Å². The number of hydrogen-bond donors (Lipinski definition) is 4. The van der Waals surface area contributed by atoms with Crippen LogP contribution in [-0.4, -0.2) is 64.4 Å². The largest absolute Gasteiger partial charge is 0.457 e. The average Bonchev–Trinajstić information content (AvgIpc) is 2.36. The molecule has 1 heterocycles. The second-order valence-corrected chi connectivity index (χ2v) is 4.27. The Labute approximate surface area is 110 Å². The quantitative estimate of drug-likeness (QED) is 0.433. The molecule has 8 nitrogen and oxygen atoms in total. The molecule has 1 fully saturated rings. The second-order valence-electron chi connectivity index (χ2n) is 4.27. The molecule has 0 spiro atoms. The third-order valence-corrected chi connectivity index (χ3v) is 2.80. The van der Waals surface area contributed by atoms with Crippen molar-refractivity contribution in [2.45, 2.75) is 50.9 Å². The van der Waals surface area contributed by atoms with Gasteiger partial charge in [-0.1, -0.05) is 6.92 Å². The Bertz CT molecular complexity index is 335. The van der Waals surface area contributed by atoms with Crippen LogP contribution in [0, 0.1) is 0 Å². The van der Waals surface area contributed by atoms with Crippen LogP contribution in [0.5, 0.6) is 0 Å². The zero-order valence-electron chi connectivity index (χ0n) is 10.8. The van der Waals surface area contributed by atoms with Gasteiger partial charge >= 0.3 is 5.97 Å². The lowest BCUT2D eigenvalue weighted by atomic mass is 9.96. The lowest BCUT2D eigenvalue weighted by Crippen LogP contribution is -2.65. The van der Waals surface area contributed by atoms with Gasteiger partial charge in [-0.2, -0.15) is 0 Å². The van der Waals surface area contributed by atoms with Gasteiger partial charge in [0.25, 0.3) is 0 Å². The van der Waals surface area contributed by atoms with Crippen LogP contribution in [0.3, 0.4) is 0 Å².